The molecular formula is C20H25FN2OS. The number of hydrogen-bond donors (Lipinski definition) is 1. The van der Waals surface area contributed by atoms with Crippen molar-refractivity contribution in [3.63, 3.8) is 0 Å². The number of halogens is 1. The summed E-state index contributed by atoms with van der Waals surface area (Å²) in [6, 6.07) is 15.0. The number of benzene rings is 2. The molecular weight excluding hydrogens is 335 g/mol. The molecule has 0 atom stereocenters. The van der Waals surface area contributed by atoms with Crippen LogP contribution in [0.15, 0.2) is 48.5 Å². The number of amides is 1. The minimum Gasteiger partial charge on any atom is -0.378 e. The van der Waals surface area contributed by atoms with Crippen LogP contribution in [0.25, 0.3) is 0 Å². The smallest absolute Gasteiger partial charge is 0.220 e. The van der Waals surface area contributed by atoms with E-state index in [4.69, 9.17) is 0 Å². The van der Waals surface area contributed by atoms with E-state index in [2.05, 4.69) is 34.5 Å². The fraction of sp³-hybridized carbons (Fsp3) is 0.350. The molecule has 0 radical (unpaired) electrons. The Bertz CT molecular complexity index is 674. The van der Waals surface area contributed by atoms with Gasteiger partial charge in [-0.3, -0.25) is 4.79 Å². The lowest BCUT2D eigenvalue weighted by Crippen LogP contribution is -2.25. The van der Waals surface area contributed by atoms with Gasteiger partial charge in [-0.05, 0) is 35.7 Å². The lowest BCUT2D eigenvalue weighted by Gasteiger charge is -2.12. The molecule has 2 aromatic carbocycles. The van der Waals surface area contributed by atoms with Gasteiger partial charge in [0.1, 0.15) is 5.82 Å². The van der Waals surface area contributed by atoms with Crippen molar-refractivity contribution in [1.29, 1.82) is 0 Å². The molecule has 2 aromatic rings. The maximum Gasteiger partial charge on any atom is 0.220 e. The minimum absolute atomic E-state index is 0.0585. The molecule has 0 aliphatic carbocycles. The molecule has 0 bridgehead atoms. The summed E-state index contributed by atoms with van der Waals surface area (Å²) < 4.78 is 13.5. The van der Waals surface area contributed by atoms with Gasteiger partial charge in [0.05, 0.1) is 0 Å². The van der Waals surface area contributed by atoms with Crippen LogP contribution in [0.1, 0.15) is 17.5 Å². The topological polar surface area (TPSA) is 32.3 Å². The summed E-state index contributed by atoms with van der Waals surface area (Å²) in [6.07, 6.45) is 1.22. The van der Waals surface area contributed by atoms with Gasteiger partial charge in [-0.15, -0.1) is 0 Å². The Morgan fingerprint density at radius 3 is 2.52 bits per heavy atom. The van der Waals surface area contributed by atoms with Crippen LogP contribution in [-0.2, 0) is 17.0 Å². The summed E-state index contributed by atoms with van der Waals surface area (Å²) in [7, 11) is 4.01. The molecule has 134 valence electrons. The van der Waals surface area contributed by atoms with Crippen molar-refractivity contribution in [3.8, 4) is 0 Å². The van der Waals surface area contributed by atoms with Crippen molar-refractivity contribution in [2.45, 2.75) is 18.6 Å². The van der Waals surface area contributed by atoms with E-state index in [-0.39, 0.29) is 11.7 Å². The standard InChI is InChI=1S/C20H25FN2OS/c1-23(2)18-10-7-16(8-11-18)9-12-20(24)22-13-14-25-15-17-5-3-4-6-19(17)21/h3-8,10-11H,9,12-15H2,1-2H3,(H,22,24). The number of aryl methyl sites for hydroxylation is 1. The quantitative estimate of drug-likeness (QED) is 0.689. The number of nitrogens with one attached hydrogen (secondary N) is 1. The first kappa shape index (κ1) is 19.3. The number of thioether (sulfide) groups is 1. The van der Waals surface area contributed by atoms with Gasteiger partial charge in [0.2, 0.25) is 5.91 Å². The first-order chi connectivity index (χ1) is 12.1. The van der Waals surface area contributed by atoms with E-state index in [1.807, 2.05) is 20.2 Å². The van der Waals surface area contributed by atoms with Gasteiger partial charge in [0, 0.05) is 44.3 Å². The summed E-state index contributed by atoms with van der Waals surface area (Å²) >= 11 is 1.62. The lowest BCUT2D eigenvalue weighted by molar-refractivity contribution is -0.120. The first-order valence-corrected chi connectivity index (χ1v) is 9.56. The summed E-state index contributed by atoms with van der Waals surface area (Å²) in [4.78, 5) is 13.9. The molecule has 0 aromatic heterocycles. The van der Waals surface area contributed by atoms with Crippen LogP contribution in [0.5, 0.6) is 0 Å². The summed E-state index contributed by atoms with van der Waals surface area (Å²) in [5, 5.41) is 2.92. The summed E-state index contributed by atoms with van der Waals surface area (Å²) in [5.41, 5.74) is 3.02. The van der Waals surface area contributed by atoms with Crippen LogP contribution >= 0.6 is 11.8 Å². The van der Waals surface area contributed by atoms with Crippen LogP contribution in [0, 0.1) is 5.82 Å². The molecule has 0 heterocycles. The molecule has 1 N–H and O–H groups in total. The first-order valence-electron chi connectivity index (χ1n) is 8.40. The van der Waals surface area contributed by atoms with Gasteiger partial charge in [0.15, 0.2) is 0 Å². The van der Waals surface area contributed by atoms with Crippen molar-refractivity contribution in [1.82, 2.24) is 5.32 Å². The highest BCUT2D eigenvalue weighted by molar-refractivity contribution is 7.98. The van der Waals surface area contributed by atoms with Crippen LogP contribution in [0.2, 0.25) is 0 Å². The normalized spacial score (nSPS) is 10.5. The van der Waals surface area contributed by atoms with Crippen LogP contribution in [0.4, 0.5) is 10.1 Å². The Labute approximate surface area is 153 Å². The Kier molecular flexibility index (Phi) is 7.79. The second-order valence-electron chi connectivity index (χ2n) is 6.05. The second-order valence-corrected chi connectivity index (χ2v) is 7.16. The number of hydrogen-bond acceptors (Lipinski definition) is 3. The SMILES string of the molecule is CN(C)c1ccc(CCC(=O)NCCSCc2ccccc2F)cc1. The third kappa shape index (κ3) is 6.78. The molecule has 0 saturated carbocycles. The third-order valence-electron chi connectivity index (χ3n) is 3.88. The molecule has 0 aliphatic heterocycles. The molecule has 2 rings (SSSR count). The minimum atomic E-state index is -0.167. The Hall–Kier alpha value is -2.01. The van der Waals surface area contributed by atoms with E-state index in [1.54, 1.807) is 23.9 Å². The number of anilines is 1. The molecule has 25 heavy (non-hydrogen) atoms. The van der Waals surface area contributed by atoms with Crippen molar-refractivity contribution < 1.29 is 9.18 Å². The molecule has 5 heteroatoms. The maximum absolute atomic E-state index is 13.5. The predicted octanol–water partition coefficient (Wildman–Crippen LogP) is 3.87. The second kappa shape index (κ2) is 10.1. The van der Waals surface area contributed by atoms with E-state index in [0.29, 0.717) is 24.3 Å². The van der Waals surface area contributed by atoms with E-state index >= 15 is 0 Å². The average molecular weight is 360 g/mol. The zero-order valence-corrected chi connectivity index (χ0v) is 15.6. The van der Waals surface area contributed by atoms with Crippen molar-refractivity contribution in [2.75, 3.05) is 31.3 Å². The van der Waals surface area contributed by atoms with E-state index in [1.165, 1.54) is 6.07 Å². The predicted molar refractivity (Wildman–Crippen MR) is 105 cm³/mol. The van der Waals surface area contributed by atoms with E-state index < -0.39 is 0 Å². The Morgan fingerprint density at radius 2 is 1.84 bits per heavy atom. The van der Waals surface area contributed by atoms with E-state index in [0.717, 1.165) is 23.4 Å². The monoisotopic (exact) mass is 360 g/mol. The van der Waals surface area contributed by atoms with Crippen molar-refractivity contribution in [3.05, 3.63) is 65.5 Å². The zero-order chi connectivity index (χ0) is 18.1. The highest BCUT2D eigenvalue weighted by Crippen LogP contribution is 2.15. The van der Waals surface area contributed by atoms with E-state index in [9.17, 15) is 9.18 Å². The fourth-order valence-electron chi connectivity index (χ4n) is 2.37. The third-order valence-corrected chi connectivity index (χ3v) is 4.89. The van der Waals surface area contributed by atoms with Crippen LogP contribution in [0.3, 0.4) is 0 Å². The van der Waals surface area contributed by atoms with Crippen LogP contribution < -0.4 is 10.2 Å². The summed E-state index contributed by atoms with van der Waals surface area (Å²) in [5.74, 6) is 1.29. The fourth-order valence-corrected chi connectivity index (χ4v) is 3.21. The van der Waals surface area contributed by atoms with Gasteiger partial charge in [-0.2, -0.15) is 11.8 Å². The molecule has 3 nitrogen and oxygen atoms in total. The Morgan fingerprint density at radius 1 is 1.12 bits per heavy atom. The molecule has 0 aliphatic rings. The number of carbonyl (C=O) groups excluding carboxylic acids is 1. The van der Waals surface area contributed by atoms with Crippen molar-refractivity contribution >= 4 is 23.4 Å². The Balaban J connectivity index is 1.60. The van der Waals surface area contributed by atoms with Gasteiger partial charge < -0.3 is 10.2 Å². The number of nitrogens with zero attached hydrogens (tertiary/aromatic N) is 1. The van der Waals surface area contributed by atoms with Crippen LogP contribution in [-0.4, -0.2) is 32.3 Å². The van der Waals surface area contributed by atoms with Gasteiger partial charge in [-0.25, -0.2) is 4.39 Å². The maximum atomic E-state index is 13.5. The summed E-state index contributed by atoms with van der Waals surface area (Å²) in [6.45, 7) is 0.609. The lowest BCUT2D eigenvalue weighted by atomic mass is 10.1. The highest BCUT2D eigenvalue weighted by atomic mass is 32.2. The number of carbonyl (C=O) groups is 1. The molecule has 1 amide bonds. The largest absolute Gasteiger partial charge is 0.378 e. The number of rotatable bonds is 9. The average Bonchev–Trinajstić information content (AvgIpc) is 2.61. The van der Waals surface area contributed by atoms with Gasteiger partial charge >= 0.3 is 0 Å². The molecule has 0 saturated heterocycles. The molecule has 0 spiro atoms. The van der Waals surface area contributed by atoms with Gasteiger partial charge in [-0.1, -0.05) is 30.3 Å². The molecule has 0 fully saturated rings. The highest BCUT2D eigenvalue weighted by Gasteiger charge is 2.04. The van der Waals surface area contributed by atoms with Crippen molar-refractivity contribution in [2.24, 2.45) is 0 Å². The van der Waals surface area contributed by atoms with Gasteiger partial charge in [0.25, 0.3) is 0 Å². The molecule has 0 unspecified atom stereocenters. The zero-order valence-electron chi connectivity index (χ0n) is 14.8.